The lowest BCUT2D eigenvalue weighted by Crippen LogP contribution is -2.52. The van der Waals surface area contributed by atoms with Crippen molar-refractivity contribution in [2.75, 3.05) is 40.6 Å². The van der Waals surface area contributed by atoms with Crippen LogP contribution >= 0.6 is 23.4 Å². The van der Waals surface area contributed by atoms with Crippen molar-refractivity contribution in [1.29, 1.82) is 0 Å². The summed E-state index contributed by atoms with van der Waals surface area (Å²) < 4.78 is 63.6. The Kier molecular flexibility index (Phi) is 6.84. The van der Waals surface area contributed by atoms with Gasteiger partial charge in [0.1, 0.15) is 0 Å². The van der Waals surface area contributed by atoms with E-state index < -0.39 is 27.5 Å². The van der Waals surface area contributed by atoms with E-state index in [0.29, 0.717) is 20.0 Å². The summed E-state index contributed by atoms with van der Waals surface area (Å²) in [5.41, 5.74) is -3.69. The van der Waals surface area contributed by atoms with Crippen LogP contribution in [0.3, 0.4) is 0 Å². The number of hydrogen-bond acceptors (Lipinski definition) is 6. The fourth-order valence-corrected chi connectivity index (χ4v) is 4.91. The molecule has 1 unspecified atom stereocenters. The van der Waals surface area contributed by atoms with Crippen LogP contribution in [0.2, 0.25) is 5.02 Å². The van der Waals surface area contributed by atoms with Gasteiger partial charge < -0.3 is 15.3 Å². The summed E-state index contributed by atoms with van der Waals surface area (Å²) in [7, 11) is -3.67. The number of thioether (sulfide) groups is 1. The van der Waals surface area contributed by atoms with E-state index in [2.05, 4.69) is 0 Å². The van der Waals surface area contributed by atoms with E-state index in [1.54, 1.807) is 16.7 Å². The van der Waals surface area contributed by atoms with Gasteiger partial charge in [0.25, 0.3) is 5.91 Å². The first-order chi connectivity index (χ1) is 12.8. The number of carbonyl (C=O) groups excluding carboxylic acids is 1. The maximum absolute atomic E-state index is 12.9. The summed E-state index contributed by atoms with van der Waals surface area (Å²) >= 11 is 8.01. The molecule has 158 valence electrons. The lowest BCUT2D eigenvalue weighted by molar-refractivity contribution is -0.242. The lowest BCUT2D eigenvalue weighted by atomic mass is 10.1. The Balaban J connectivity index is 2.52. The number of nitrogens with one attached hydrogen (secondary N) is 1. The highest BCUT2D eigenvalue weighted by molar-refractivity contribution is 7.99. The summed E-state index contributed by atoms with van der Waals surface area (Å²) in [5, 5.41) is 11.3. The van der Waals surface area contributed by atoms with Gasteiger partial charge in [-0.2, -0.15) is 24.9 Å². The molecule has 1 saturated heterocycles. The summed E-state index contributed by atoms with van der Waals surface area (Å²) in [4.78, 5) is 13.7. The Morgan fingerprint density at radius 1 is 1.32 bits per heavy atom. The quantitative estimate of drug-likeness (QED) is 0.702. The number of alkyl halides is 3. The number of carbonyl (C=O) groups is 1. The molecule has 1 aromatic carbocycles. The number of nitrogens with zero attached hydrogens (tertiary/aromatic N) is 1. The zero-order chi connectivity index (χ0) is 21.3. The number of rotatable bonds is 5. The van der Waals surface area contributed by atoms with Gasteiger partial charge in [-0.3, -0.25) is 4.79 Å². The number of hydrogen-bond donors (Lipinski definition) is 2. The molecule has 28 heavy (non-hydrogen) atoms. The van der Waals surface area contributed by atoms with Crippen LogP contribution < -0.4 is 10.2 Å². The van der Waals surface area contributed by atoms with Gasteiger partial charge in [0.15, 0.2) is 9.84 Å². The van der Waals surface area contributed by atoms with Crippen molar-refractivity contribution in [2.24, 2.45) is 0 Å². The molecule has 0 aromatic heterocycles. The highest BCUT2D eigenvalue weighted by atomic mass is 35.5. The van der Waals surface area contributed by atoms with E-state index in [4.69, 9.17) is 11.6 Å². The molecule has 0 aliphatic carbocycles. The van der Waals surface area contributed by atoms with Gasteiger partial charge in [-0.05, 0) is 19.1 Å². The lowest BCUT2D eigenvalue weighted by Gasteiger charge is -2.32. The summed E-state index contributed by atoms with van der Waals surface area (Å²) in [6.07, 6.45) is -5.19. The van der Waals surface area contributed by atoms with E-state index in [9.17, 15) is 31.5 Å². The Morgan fingerprint density at radius 2 is 1.89 bits per heavy atom. The fraction of sp³-hybridized carbons (Fsp3) is 0.562. The molecule has 1 heterocycles. The molecule has 1 amide bonds. The van der Waals surface area contributed by atoms with Crippen molar-refractivity contribution in [3.05, 3.63) is 17.2 Å². The molecule has 6 nitrogen and oxygen atoms in total. The van der Waals surface area contributed by atoms with Crippen molar-refractivity contribution < 1.29 is 31.5 Å². The minimum Gasteiger partial charge on any atom is -0.373 e. The van der Waals surface area contributed by atoms with E-state index in [0.717, 1.165) is 17.6 Å². The molecule has 1 aliphatic heterocycles. The molecular weight excluding hydrogens is 441 g/mol. The van der Waals surface area contributed by atoms with Gasteiger partial charge >= 0.3 is 6.18 Å². The first kappa shape index (κ1) is 23.1. The van der Waals surface area contributed by atoms with Crippen LogP contribution in [0, 0.1) is 0 Å². The molecule has 0 saturated carbocycles. The minimum atomic E-state index is -5.19. The topological polar surface area (TPSA) is 86.7 Å². The Bertz CT molecular complexity index is 854. The van der Waals surface area contributed by atoms with Crippen LogP contribution in [0.4, 0.5) is 24.5 Å². The van der Waals surface area contributed by atoms with Crippen molar-refractivity contribution in [3.8, 4) is 0 Å². The molecule has 0 spiro atoms. The third kappa shape index (κ3) is 4.52. The summed E-state index contributed by atoms with van der Waals surface area (Å²) in [6, 6.07) is 2.33. The van der Waals surface area contributed by atoms with Crippen LogP contribution in [0.5, 0.6) is 0 Å². The molecule has 1 fully saturated rings. The van der Waals surface area contributed by atoms with Crippen LogP contribution in [0.1, 0.15) is 13.8 Å². The van der Waals surface area contributed by atoms with Gasteiger partial charge in [-0.25, -0.2) is 8.42 Å². The second-order valence-electron chi connectivity index (χ2n) is 6.30. The second-order valence-corrected chi connectivity index (χ2v) is 10.2. The Morgan fingerprint density at radius 3 is 2.39 bits per heavy atom. The monoisotopic (exact) mass is 460 g/mol. The standard InChI is InChI=1S/C16H20ClF3N2O4S2/c1-3-28(25,26)11-5-4-10(21-14(23)15(2,24)16(18,19)20)12(17)13(11)22-6-8-27-9-7-22/h4-5,24H,3,6-9H2,1-2H3,(H,21,23). The normalized spacial score (nSPS) is 17.9. The van der Waals surface area contributed by atoms with Crippen LogP contribution in [0.15, 0.2) is 17.0 Å². The van der Waals surface area contributed by atoms with E-state index in [-0.39, 0.29) is 27.0 Å². The average molecular weight is 461 g/mol. The molecule has 0 bridgehead atoms. The first-order valence-electron chi connectivity index (χ1n) is 8.31. The van der Waals surface area contributed by atoms with E-state index in [1.807, 2.05) is 5.32 Å². The van der Waals surface area contributed by atoms with E-state index >= 15 is 0 Å². The predicted octanol–water partition coefficient (Wildman–Crippen LogP) is 2.94. The molecular formula is C16H20ClF3N2O4S2. The third-order valence-electron chi connectivity index (χ3n) is 4.36. The molecule has 2 rings (SSSR count). The number of sulfone groups is 1. The zero-order valence-electron chi connectivity index (χ0n) is 15.1. The maximum Gasteiger partial charge on any atom is 0.426 e. The van der Waals surface area contributed by atoms with Gasteiger partial charge in [0.2, 0.25) is 5.60 Å². The number of aliphatic hydroxyl groups is 1. The zero-order valence-corrected chi connectivity index (χ0v) is 17.5. The smallest absolute Gasteiger partial charge is 0.373 e. The average Bonchev–Trinajstić information content (AvgIpc) is 2.62. The second kappa shape index (κ2) is 8.29. The number of halogens is 4. The summed E-state index contributed by atoms with van der Waals surface area (Å²) in [6.45, 7) is 2.78. The van der Waals surface area contributed by atoms with Gasteiger partial charge in [-0.15, -0.1) is 0 Å². The van der Waals surface area contributed by atoms with Crippen LogP contribution in [0.25, 0.3) is 0 Å². The summed E-state index contributed by atoms with van der Waals surface area (Å²) in [5.74, 6) is -0.455. The molecule has 12 heteroatoms. The molecule has 1 aliphatic rings. The maximum atomic E-state index is 12.9. The fourth-order valence-electron chi connectivity index (χ4n) is 2.50. The Hall–Kier alpha value is -1.17. The van der Waals surface area contributed by atoms with Crippen molar-refractivity contribution in [1.82, 2.24) is 0 Å². The first-order valence-corrected chi connectivity index (χ1v) is 11.5. The molecule has 1 aromatic rings. The highest BCUT2D eigenvalue weighted by Gasteiger charge is 2.55. The van der Waals surface area contributed by atoms with Gasteiger partial charge in [0.05, 0.1) is 27.0 Å². The highest BCUT2D eigenvalue weighted by Crippen LogP contribution is 2.41. The molecule has 2 N–H and O–H groups in total. The number of anilines is 2. The van der Waals surface area contributed by atoms with E-state index in [1.165, 1.54) is 13.0 Å². The molecule has 1 atom stereocenters. The van der Waals surface area contributed by atoms with Gasteiger partial charge in [0, 0.05) is 24.6 Å². The van der Waals surface area contributed by atoms with Crippen molar-refractivity contribution >= 4 is 50.5 Å². The van der Waals surface area contributed by atoms with Gasteiger partial charge in [-0.1, -0.05) is 18.5 Å². The van der Waals surface area contributed by atoms with Crippen molar-refractivity contribution in [2.45, 2.75) is 30.5 Å². The SMILES string of the molecule is CCS(=O)(=O)c1ccc(NC(=O)C(C)(O)C(F)(F)F)c(Cl)c1N1CCSCC1. The Labute approximate surface area is 170 Å². The van der Waals surface area contributed by atoms with Crippen LogP contribution in [-0.4, -0.2) is 61.6 Å². The minimum absolute atomic E-state index is 0.0486. The van der Waals surface area contributed by atoms with Crippen LogP contribution in [-0.2, 0) is 14.6 Å². The predicted molar refractivity (Wildman–Crippen MR) is 104 cm³/mol. The third-order valence-corrected chi connectivity index (χ3v) is 7.45. The number of benzene rings is 1. The molecule has 0 radical (unpaired) electrons. The van der Waals surface area contributed by atoms with Crippen molar-refractivity contribution in [3.63, 3.8) is 0 Å². The largest absolute Gasteiger partial charge is 0.426 e. The number of amides is 1.